The van der Waals surface area contributed by atoms with E-state index < -0.39 is 0 Å². The number of hydrogen-bond donors (Lipinski definition) is 2. The Bertz CT molecular complexity index is 493. The number of ether oxygens (including phenoxy) is 1. The second-order valence-corrected chi connectivity index (χ2v) is 6.63. The van der Waals surface area contributed by atoms with E-state index in [1.54, 1.807) is 0 Å². The van der Waals surface area contributed by atoms with Crippen molar-refractivity contribution in [3.05, 3.63) is 17.5 Å². The minimum atomic E-state index is 0.799. The number of aliphatic imine (C=N–C) groups is 1. The summed E-state index contributed by atoms with van der Waals surface area (Å²) >= 11 is 0. The molecule has 1 aromatic rings. The van der Waals surface area contributed by atoms with Crippen LogP contribution in [0.2, 0.25) is 0 Å². The summed E-state index contributed by atoms with van der Waals surface area (Å²) in [6, 6.07) is 0. The molecule has 1 saturated heterocycles. The van der Waals surface area contributed by atoms with Crippen molar-refractivity contribution in [2.24, 2.45) is 10.9 Å². The third-order valence-electron chi connectivity index (χ3n) is 4.71. The number of guanidine groups is 1. The van der Waals surface area contributed by atoms with Crippen LogP contribution in [0.1, 0.15) is 43.9 Å². The van der Waals surface area contributed by atoms with Gasteiger partial charge in [-0.3, -0.25) is 10.1 Å². The summed E-state index contributed by atoms with van der Waals surface area (Å²) in [7, 11) is 2.14. The molecule has 0 radical (unpaired) electrons. The summed E-state index contributed by atoms with van der Waals surface area (Å²) in [4.78, 5) is 7.05. The van der Waals surface area contributed by atoms with Gasteiger partial charge in [-0.05, 0) is 57.4 Å². The first kappa shape index (κ1) is 18.8. The summed E-state index contributed by atoms with van der Waals surface area (Å²) in [5.41, 5.74) is 2.46. The van der Waals surface area contributed by atoms with Gasteiger partial charge in [-0.1, -0.05) is 0 Å². The topological polar surface area (TPSA) is 65.5 Å². The van der Waals surface area contributed by atoms with Crippen LogP contribution >= 0.6 is 0 Å². The lowest BCUT2D eigenvalue weighted by Crippen LogP contribution is -2.40. The standard InChI is InChI=1S/C18H33N5O/c1-4-19-18(20-10-5-6-17-14-21-22-15(17)2)23(3)11-7-16-8-12-24-13-9-16/h14,16H,4-13H2,1-3H3,(H,19,20)(H,21,22). The molecule has 24 heavy (non-hydrogen) atoms. The van der Waals surface area contributed by atoms with Gasteiger partial charge in [-0.15, -0.1) is 0 Å². The van der Waals surface area contributed by atoms with Gasteiger partial charge in [0.1, 0.15) is 0 Å². The zero-order valence-corrected chi connectivity index (χ0v) is 15.5. The number of nitrogens with zero attached hydrogens (tertiary/aromatic N) is 3. The van der Waals surface area contributed by atoms with E-state index in [0.29, 0.717) is 0 Å². The van der Waals surface area contributed by atoms with Gasteiger partial charge in [0.25, 0.3) is 0 Å². The van der Waals surface area contributed by atoms with E-state index in [4.69, 9.17) is 9.73 Å². The van der Waals surface area contributed by atoms with Crippen LogP contribution in [0, 0.1) is 12.8 Å². The monoisotopic (exact) mass is 335 g/mol. The first-order valence-electron chi connectivity index (χ1n) is 9.26. The normalized spacial score (nSPS) is 16.4. The van der Waals surface area contributed by atoms with Crippen molar-refractivity contribution in [3.8, 4) is 0 Å². The first-order chi connectivity index (χ1) is 11.7. The molecule has 136 valence electrons. The third kappa shape index (κ3) is 6.15. The molecule has 0 bridgehead atoms. The van der Waals surface area contributed by atoms with Gasteiger partial charge in [-0.2, -0.15) is 5.10 Å². The van der Waals surface area contributed by atoms with E-state index in [-0.39, 0.29) is 0 Å². The second-order valence-electron chi connectivity index (χ2n) is 6.63. The molecular weight excluding hydrogens is 302 g/mol. The molecule has 2 rings (SSSR count). The quantitative estimate of drug-likeness (QED) is 0.435. The molecule has 0 atom stereocenters. The number of H-pyrrole nitrogens is 1. The number of nitrogens with one attached hydrogen (secondary N) is 2. The number of rotatable bonds is 8. The molecule has 2 N–H and O–H groups in total. The number of aromatic nitrogens is 2. The average Bonchev–Trinajstić information content (AvgIpc) is 3.01. The highest BCUT2D eigenvalue weighted by atomic mass is 16.5. The highest BCUT2D eigenvalue weighted by Gasteiger charge is 2.15. The predicted octanol–water partition coefficient (Wildman–Crippen LogP) is 2.36. The van der Waals surface area contributed by atoms with Gasteiger partial charge >= 0.3 is 0 Å². The summed E-state index contributed by atoms with van der Waals surface area (Å²) in [6.07, 6.45) is 7.61. The summed E-state index contributed by atoms with van der Waals surface area (Å²) in [5, 5.41) is 10.5. The van der Waals surface area contributed by atoms with Crippen LogP contribution in [0.5, 0.6) is 0 Å². The Morgan fingerprint density at radius 1 is 1.46 bits per heavy atom. The van der Waals surface area contributed by atoms with Crippen molar-refractivity contribution in [3.63, 3.8) is 0 Å². The SMILES string of the molecule is CCNC(=NCCCc1cn[nH]c1C)N(C)CCC1CCOCC1. The van der Waals surface area contributed by atoms with Crippen LogP contribution in [-0.2, 0) is 11.2 Å². The minimum Gasteiger partial charge on any atom is -0.381 e. The fourth-order valence-electron chi connectivity index (χ4n) is 3.07. The van der Waals surface area contributed by atoms with Gasteiger partial charge in [0.15, 0.2) is 5.96 Å². The smallest absolute Gasteiger partial charge is 0.193 e. The Morgan fingerprint density at radius 3 is 2.92 bits per heavy atom. The van der Waals surface area contributed by atoms with E-state index in [1.165, 1.54) is 30.5 Å². The largest absolute Gasteiger partial charge is 0.381 e. The summed E-state index contributed by atoms with van der Waals surface area (Å²) < 4.78 is 5.44. The average molecular weight is 335 g/mol. The molecule has 6 heteroatoms. The minimum absolute atomic E-state index is 0.799. The molecule has 0 unspecified atom stereocenters. The van der Waals surface area contributed by atoms with Gasteiger partial charge in [0, 0.05) is 45.6 Å². The Morgan fingerprint density at radius 2 is 2.25 bits per heavy atom. The van der Waals surface area contributed by atoms with Crippen LogP contribution in [0.25, 0.3) is 0 Å². The Labute approximate surface area is 146 Å². The molecule has 0 aromatic carbocycles. The molecule has 0 aliphatic carbocycles. The fourth-order valence-corrected chi connectivity index (χ4v) is 3.07. The zero-order chi connectivity index (χ0) is 17.2. The Hall–Kier alpha value is -1.56. The van der Waals surface area contributed by atoms with E-state index in [2.05, 4.69) is 41.3 Å². The van der Waals surface area contributed by atoms with Crippen molar-refractivity contribution in [1.29, 1.82) is 0 Å². The molecule has 1 aliphatic rings. The molecule has 6 nitrogen and oxygen atoms in total. The Kier molecular flexibility index (Phi) is 8.08. The van der Waals surface area contributed by atoms with Crippen molar-refractivity contribution in [2.75, 3.05) is 39.9 Å². The van der Waals surface area contributed by atoms with Crippen molar-refractivity contribution >= 4 is 5.96 Å². The fraction of sp³-hybridized carbons (Fsp3) is 0.778. The molecule has 1 aromatic heterocycles. The summed E-state index contributed by atoms with van der Waals surface area (Å²) in [5.74, 6) is 1.82. The van der Waals surface area contributed by atoms with E-state index in [9.17, 15) is 0 Å². The lowest BCUT2D eigenvalue weighted by atomic mass is 9.96. The highest BCUT2D eigenvalue weighted by molar-refractivity contribution is 5.79. The maximum atomic E-state index is 5.44. The predicted molar refractivity (Wildman–Crippen MR) is 98.4 cm³/mol. The van der Waals surface area contributed by atoms with Crippen LogP contribution in [0.4, 0.5) is 0 Å². The lowest BCUT2D eigenvalue weighted by Gasteiger charge is -2.26. The maximum absolute atomic E-state index is 5.44. The number of aryl methyl sites for hydroxylation is 2. The van der Waals surface area contributed by atoms with Crippen LogP contribution in [0.15, 0.2) is 11.2 Å². The summed E-state index contributed by atoms with van der Waals surface area (Å²) in [6.45, 7) is 8.84. The second kappa shape index (κ2) is 10.3. The maximum Gasteiger partial charge on any atom is 0.193 e. The number of aromatic amines is 1. The Balaban J connectivity index is 1.74. The first-order valence-corrected chi connectivity index (χ1v) is 9.26. The molecule has 1 aliphatic heterocycles. The highest BCUT2D eigenvalue weighted by Crippen LogP contribution is 2.18. The van der Waals surface area contributed by atoms with E-state index in [0.717, 1.165) is 57.6 Å². The lowest BCUT2D eigenvalue weighted by molar-refractivity contribution is 0.0625. The molecule has 0 spiro atoms. The third-order valence-corrected chi connectivity index (χ3v) is 4.71. The molecular formula is C18H33N5O. The number of hydrogen-bond acceptors (Lipinski definition) is 3. The van der Waals surface area contributed by atoms with E-state index >= 15 is 0 Å². The van der Waals surface area contributed by atoms with Crippen LogP contribution < -0.4 is 5.32 Å². The molecule has 0 amide bonds. The van der Waals surface area contributed by atoms with Gasteiger partial charge in [-0.25, -0.2) is 0 Å². The van der Waals surface area contributed by atoms with Gasteiger partial charge in [0.05, 0.1) is 6.20 Å². The molecule has 2 heterocycles. The molecule has 0 saturated carbocycles. The van der Waals surface area contributed by atoms with Gasteiger partial charge < -0.3 is 15.0 Å². The van der Waals surface area contributed by atoms with Crippen LogP contribution in [0.3, 0.4) is 0 Å². The van der Waals surface area contributed by atoms with Crippen LogP contribution in [-0.4, -0.2) is 61.0 Å². The van der Waals surface area contributed by atoms with Gasteiger partial charge in [0.2, 0.25) is 0 Å². The van der Waals surface area contributed by atoms with E-state index in [1.807, 2.05) is 6.20 Å². The zero-order valence-electron chi connectivity index (χ0n) is 15.5. The van der Waals surface area contributed by atoms with Crippen molar-refractivity contribution in [2.45, 2.75) is 46.0 Å². The van der Waals surface area contributed by atoms with Crippen molar-refractivity contribution in [1.82, 2.24) is 20.4 Å². The van der Waals surface area contributed by atoms with Crippen molar-refractivity contribution < 1.29 is 4.74 Å². The molecule has 1 fully saturated rings.